The third-order valence-electron chi connectivity index (χ3n) is 2.63. The van der Waals surface area contributed by atoms with E-state index in [1.54, 1.807) is 25.1 Å². The maximum absolute atomic E-state index is 11.0. The topological polar surface area (TPSA) is 95.6 Å². The lowest BCUT2D eigenvalue weighted by molar-refractivity contribution is 0.0998. The van der Waals surface area contributed by atoms with Gasteiger partial charge >= 0.3 is 0 Å². The van der Waals surface area contributed by atoms with Crippen LogP contribution in [-0.2, 0) is 6.54 Å². The van der Waals surface area contributed by atoms with E-state index in [0.717, 1.165) is 5.56 Å². The van der Waals surface area contributed by atoms with Gasteiger partial charge in [-0.3, -0.25) is 4.79 Å². The summed E-state index contributed by atoms with van der Waals surface area (Å²) in [5, 5.41) is 21.2. The number of nitrogens with one attached hydrogen (secondary N) is 1. The van der Waals surface area contributed by atoms with Crippen molar-refractivity contribution in [3.05, 3.63) is 35.4 Å². The first-order valence-corrected chi connectivity index (χ1v) is 5.36. The summed E-state index contributed by atoms with van der Waals surface area (Å²) < 4.78 is 0. The van der Waals surface area contributed by atoms with Crippen LogP contribution in [0.5, 0.6) is 0 Å². The van der Waals surface area contributed by atoms with Crippen LogP contribution in [0.1, 0.15) is 22.8 Å². The number of aliphatic hydroxyl groups excluding tert-OH is 2. The van der Waals surface area contributed by atoms with E-state index in [4.69, 9.17) is 15.9 Å². The molecular weight excluding hydrogens is 220 g/mol. The number of carbonyl (C=O) groups is 1. The highest BCUT2D eigenvalue weighted by Crippen LogP contribution is 2.07. The smallest absolute Gasteiger partial charge is 0.248 e. The fourth-order valence-electron chi connectivity index (χ4n) is 1.31. The predicted molar refractivity (Wildman–Crippen MR) is 64.4 cm³/mol. The molecule has 0 aliphatic heterocycles. The number of carbonyl (C=O) groups excluding carboxylic acids is 1. The Morgan fingerprint density at radius 3 is 2.59 bits per heavy atom. The van der Waals surface area contributed by atoms with E-state index in [1.807, 2.05) is 6.07 Å². The molecule has 0 aromatic heterocycles. The van der Waals surface area contributed by atoms with Gasteiger partial charge in [0.15, 0.2) is 0 Å². The van der Waals surface area contributed by atoms with Gasteiger partial charge in [0.05, 0.1) is 18.8 Å². The molecule has 94 valence electrons. The summed E-state index contributed by atoms with van der Waals surface area (Å²) in [5.74, 6) is -0.473. The van der Waals surface area contributed by atoms with Gasteiger partial charge in [0, 0.05) is 12.1 Å². The average Bonchev–Trinajstić information content (AvgIpc) is 2.36. The highest BCUT2D eigenvalue weighted by molar-refractivity contribution is 5.92. The Labute approximate surface area is 100 Å². The van der Waals surface area contributed by atoms with E-state index in [0.29, 0.717) is 12.1 Å². The van der Waals surface area contributed by atoms with Gasteiger partial charge < -0.3 is 21.3 Å². The van der Waals surface area contributed by atoms with Crippen LogP contribution in [0.25, 0.3) is 0 Å². The van der Waals surface area contributed by atoms with E-state index < -0.39 is 11.4 Å². The van der Waals surface area contributed by atoms with Gasteiger partial charge in [0.25, 0.3) is 0 Å². The number of aliphatic hydroxyl groups is 2. The molecule has 0 aliphatic carbocycles. The average molecular weight is 238 g/mol. The number of hydrogen-bond acceptors (Lipinski definition) is 4. The number of nitrogens with two attached hydrogens (primary N) is 1. The first kappa shape index (κ1) is 13.6. The molecule has 5 nitrogen and oxygen atoms in total. The van der Waals surface area contributed by atoms with E-state index in [-0.39, 0.29) is 13.2 Å². The first-order chi connectivity index (χ1) is 8.00. The van der Waals surface area contributed by atoms with Crippen LogP contribution in [0.4, 0.5) is 0 Å². The second kappa shape index (κ2) is 5.77. The van der Waals surface area contributed by atoms with Crippen LogP contribution in [0, 0.1) is 0 Å². The molecule has 0 aliphatic rings. The standard InChI is InChI=1S/C12H18N2O3/c1-12(7-15,8-16)14-6-9-3-2-4-10(5-9)11(13)17/h2-5,14-16H,6-8H2,1H3,(H2,13,17). The third-order valence-corrected chi connectivity index (χ3v) is 2.63. The highest BCUT2D eigenvalue weighted by atomic mass is 16.3. The van der Waals surface area contributed by atoms with Crippen molar-refractivity contribution in [2.75, 3.05) is 13.2 Å². The molecule has 0 unspecified atom stereocenters. The fraction of sp³-hybridized carbons (Fsp3) is 0.417. The Kier molecular flexibility index (Phi) is 4.62. The number of rotatable bonds is 6. The minimum absolute atomic E-state index is 0.168. The maximum Gasteiger partial charge on any atom is 0.248 e. The SMILES string of the molecule is CC(CO)(CO)NCc1cccc(C(N)=O)c1. The molecule has 0 saturated carbocycles. The Bertz CT molecular complexity index is 389. The lowest BCUT2D eigenvalue weighted by Gasteiger charge is -2.26. The predicted octanol–water partition coefficient (Wildman–Crippen LogP) is -0.382. The van der Waals surface area contributed by atoms with Gasteiger partial charge in [-0.1, -0.05) is 12.1 Å². The molecule has 0 spiro atoms. The summed E-state index contributed by atoms with van der Waals surface area (Å²) in [7, 11) is 0. The van der Waals surface area contributed by atoms with Crippen molar-refractivity contribution in [1.29, 1.82) is 0 Å². The molecule has 0 bridgehead atoms. The molecule has 0 saturated heterocycles. The third kappa shape index (κ3) is 3.81. The van der Waals surface area contributed by atoms with Crippen molar-refractivity contribution in [3.8, 4) is 0 Å². The molecule has 0 atom stereocenters. The lowest BCUT2D eigenvalue weighted by atomic mass is 10.0. The highest BCUT2D eigenvalue weighted by Gasteiger charge is 2.21. The van der Waals surface area contributed by atoms with Crippen molar-refractivity contribution >= 4 is 5.91 Å². The minimum Gasteiger partial charge on any atom is -0.394 e. The molecule has 1 aromatic carbocycles. The van der Waals surface area contributed by atoms with Gasteiger partial charge in [-0.2, -0.15) is 0 Å². The minimum atomic E-state index is -0.733. The molecule has 17 heavy (non-hydrogen) atoms. The van der Waals surface area contributed by atoms with Gasteiger partial charge in [-0.25, -0.2) is 0 Å². The van der Waals surface area contributed by atoms with Gasteiger partial charge in [0.1, 0.15) is 0 Å². The maximum atomic E-state index is 11.0. The summed E-state index contributed by atoms with van der Waals surface area (Å²) >= 11 is 0. The monoisotopic (exact) mass is 238 g/mol. The van der Waals surface area contributed by atoms with E-state index in [9.17, 15) is 4.79 Å². The normalized spacial score (nSPS) is 11.5. The number of primary amides is 1. The van der Waals surface area contributed by atoms with Gasteiger partial charge in [-0.05, 0) is 24.6 Å². The summed E-state index contributed by atoms with van der Waals surface area (Å²) in [5.41, 5.74) is 5.76. The molecule has 1 amide bonds. The summed E-state index contributed by atoms with van der Waals surface area (Å²) in [4.78, 5) is 11.0. The summed E-state index contributed by atoms with van der Waals surface area (Å²) in [6.07, 6.45) is 0. The van der Waals surface area contributed by atoms with E-state index in [1.165, 1.54) is 0 Å². The Hall–Kier alpha value is -1.43. The molecule has 0 radical (unpaired) electrons. The quantitative estimate of drug-likeness (QED) is 0.543. The largest absolute Gasteiger partial charge is 0.394 e. The zero-order valence-electron chi connectivity index (χ0n) is 9.81. The Morgan fingerprint density at radius 1 is 1.41 bits per heavy atom. The van der Waals surface area contributed by atoms with Crippen molar-refractivity contribution in [2.24, 2.45) is 5.73 Å². The summed E-state index contributed by atoms with van der Waals surface area (Å²) in [6, 6.07) is 6.91. The van der Waals surface area contributed by atoms with E-state index >= 15 is 0 Å². The van der Waals surface area contributed by atoms with Crippen LogP contribution in [0.2, 0.25) is 0 Å². The van der Waals surface area contributed by atoms with Crippen LogP contribution < -0.4 is 11.1 Å². The van der Waals surface area contributed by atoms with Crippen molar-refractivity contribution in [3.63, 3.8) is 0 Å². The second-order valence-corrected chi connectivity index (χ2v) is 4.30. The molecule has 0 fully saturated rings. The van der Waals surface area contributed by atoms with Crippen LogP contribution in [-0.4, -0.2) is 34.9 Å². The van der Waals surface area contributed by atoms with Crippen molar-refractivity contribution in [1.82, 2.24) is 5.32 Å². The summed E-state index contributed by atoms with van der Waals surface area (Å²) in [6.45, 7) is 1.82. The zero-order valence-corrected chi connectivity index (χ0v) is 9.81. The zero-order chi connectivity index (χ0) is 12.9. The van der Waals surface area contributed by atoms with Crippen LogP contribution >= 0.6 is 0 Å². The first-order valence-electron chi connectivity index (χ1n) is 5.36. The van der Waals surface area contributed by atoms with Crippen LogP contribution in [0.15, 0.2) is 24.3 Å². The van der Waals surface area contributed by atoms with E-state index in [2.05, 4.69) is 5.32 Å². The number of hydrogen-bond donors (Lipinski definition) is 4. The number of amides is 1. The molecule has 1 aromatic rings. The molecule has 1 rings (SSSR count). The molecule has 5 heteroatoms. The van der Waals surface area contributed by atoms with Crippen LogP contribution in [0.3, 0.4) is 0 Å². The molecule has 5 N–H and O–H groups in total. The Balaban J connectivity index is 2.69. The number of benzene rings is 1. The van der Waals surface area contributed by atoms with Gasteiger partial charge in [0.2, 0.25) is 5.91 Å². The molecular formula is C12H18N2O3. The molecule has 0 heterocycles. The Morgan fingerprint density at radius 2 is 2.06 bits per heavy atom. The van der Waals surface area contributed by atoms with Crippen molar-refractivity contribution < 1.29 is 15.0 Å². The lowest BCUT2D eigenvalue weighted by Crippen LogP contribution is -2.48. The fourth-order valence-corrected chi connectivity index (χ4v) is 1.31. The second-order valence-electron chi connectivity index (χ2n) is 4.30. The van der Waals surface area contributed by atoms with Gasteiger partial charge in [-0.15, -0.1) is 0 Å². The van der Waals surface area contributed by atoms with Crippen molar-refractivity contribution in [2.45, 2.75) is 19.0 Å².